The number of carbonyl (C=O) groups excluding carboxylic acids is 1. The van der Waals surface area contributed by atoms with Gasteiger partial charge in [0.15, 0.2) is 0 Å². The average molecular weight is 1040 g/mol. The van der Waals surface area contributed by atoms with Gasteiger partial charge in [-0.15, -0.1) is 0 Å². The minimum atomic E-state index is -0.807. The van der Waals surface area contributed by atoms with Crippen LogP contribution in [0.15, 0.2) is 121 Å². The molecule has 3 N–H and O–H groups in total. The molecule has 2 aliphatic rings. The van der Waals surface area contributed by atoms with Crippen LogP contribution >= 0.6 is 0 Å². The molecule has 0 radical (unpaired) electrons. The summed E-state index contributed by atoms with van der Waals surface area (Å²) >= 11 is 0. The molecule has 0 atom stereocenters. The Morgan fingerprint density at radius 2 is 0.805 bits per heavy atom. The zero-order chi connectivity index (χ0) is 55.4. The fraction of sp³-hybridized carbons (Fsp3) is 0.465. The van der Waals surface area contributed by atoms with Gasteiger partial charge in [-0.1, -0.05) is 188 Å². The number of ether oxygens (including phenoxy) is 1. The summed E-state index contributed by atoms with van der Waals surface area (Å²) in [5.41, 5.74) is 18.7. The highest BCUT2D eigenvalue weighted by Gasteiger charge is 2.34. The van der Waals surface area contributed by atoms with E-state index in [0.29, 0.717) is 6.42 Å². The van der Waals surface area contributed by atoms with Crippen molar-refractivity contribution in [3.63, 3.8) is 0 Å². The quantitative estimate of drug-likeness (QED) is 0.0658. The van der Waals surface area contributed by atoms with E-state index in [1.54, 1.807) is 0 Å². The molecule has 77 heavy (non-hydrogen) atoms. The second-order valence-electron chi connectivity index (χ2n) is 23.2. The van der Waals surface area contributed by atoms with Crippen molar-refractivity contribution >= 4 is 11.9 Å². The largest absolute Gasteiger partial charge is 0.481 e. The maximum atomic E-state index is 11.6. The summed E-state index contributed by atoms with van der Waals surface area (Å²) < 4.78 is 4.80. The second-order valence-corrected chi connectivity index (χ2v) is 23.2. The highest BCUT2D eigenvalue weighted by molar-refractivity contribution is 5.74. The van der Waals surface area contributed by atoms with Crippen LogP contribution in [0.1, 0.15) is 197 Å². The van der Waals surface area contributed by atoms with Crippen molar-refractivity contribution in [1.29, 1.82) is 0 Å². The lowest BCUT2D eigenvalue weighted by atomic mass is 9.69. The first-order valence-electron chi connectivity index (χ1n) is 29.3. The van der Waals surface area contributed by atoms with Crippen LogP contribution in [0.2, 0.25) is 0 Å². The summed E-state index contributed by atoms with van der Waals surface area (Å²) in [6.07, 6.45) is 19.0. The Morgan fingerprint density at radius 3 is 1.12 bits per heavy atom. The molecule has 0 saturated heterocycles. The lowest BCUT2D eigenvalue weighted by molar-refractivity contribution is -0.140. The minimum Gasteiger partial charge on any atom is -0.481 e. The molecule has 0 amide bonds. The first-order chi connectivity index (χ1) is 36.9. The number of rotatable bonds is 20. The zero-order valence-electron chi connectivity index (χ0n) is 48.3. The molecule has 0 aliphatic heterocycles. The fourth-order valence-electron chi connectivity index (χ4n) is 13.3. The Morgan fingerprint density at radius 1 is 0.468 bits per heavy atom. The van der Waals surface area contributed by atoms with Crippen molar-refractivity contribution in [3.05, 3.63) is 188 Å². The van der Waals surface area contributed by atoms with Crippen molar-refractivity contribution in [1.82, 2.24) is 0 Å². The molecule has 8 rings (SSSR count). The van der Waals surface area contributed by atoms with E-state index in [0.717, 1.165) is 125 Å². The number of aliphatic hydroxyl groups is 2. The Kier molecular flexibility index (Phi) is 20.0. The summed E-state index contributed by atoms with van der Waals surface area (Å²) in [6.45, 7) is 18.0. The normalized spacial score (nSPS) is 15.3. The number of methoxy groups -OCH3 is 1. The van der Waals surface area contributed by atoms with E-state index in [1.807, 2.05) is 36.4 Å². The first-order valence-corrected chi connectivity index (χ1v) is 29.3. The predicted octanol–water partition coefficient (Wildman–Crippen LogP) is 16.8. The van der Waals surface area contributed by atoms with Crippen LogP contribution in [-0.4, -0.2) is 45.6 Å². The van der Waals surface area contributed by atoms with E-state index in [9.17, 15) is 19.8 Å². The molecule has 0 spiro atoms. The van der Waals surface area contributed by atoms with Gasteiger partial charge in [0, 0.05) is 10.8 Å². The molecule has 0 unspecified atom stereocenters. The van der Waals surface area contributed by atoms with Crippen molar-refractivity contribution in [3.8, 4) is 22.3 Å². The average Bonchev–Trinajstić information content (AvgIpc) is 3.43. The fourth-order valence-corrected chi connectivity index (χ4v) is 13.3. The molecule has 6 aromatic rings. The van der Waals surface area contributed by atoms with Crippen LogP contribution in [0.4, 0.5) is 0 Å². The molecule has 0 heterocycles. The second kappa shape index (κ2) is 26.2. The van der Waals surface area contributed by atoms with E-state index in [-0.39, 0.29) is 23.2 Å². The molecular weight excluding hydrogens is 949 g/mol. The van der Waals surface area contributed by atoms with Crippen molar-refractivity contribution in [2.24, 2.45) is 0 Å². The molecule has 2 saturated carbocycles. The molecule has 0 aromatic heterocycles. The summed E-state index contributed by atoms with van der Waals surface area (Å²) in [5, 5.41) is 31.0. The minimum absolute atomic E-state index is 0.0431. The number of benzene rings is 6. The highest BCUT2D eigenvalue weighted by Crippen LogP contribution is 2.44. The third-order valence-electron chi connectivity index (χ3n) is 18.5. The smallest absolute Gasteiger partial charge is 0.309 e. The molecule has 410 valence electrons. The van der Waals surface area contributed by atoms with Crippen LogP contribution in [-0.2, 0) is 50.8 Å². The molecule has 6 nitrogen and oxygen atoms in total. The van der Waals surface area contributed by atoms with Crippen molar-refractivity contribution in [2.45, 2.75) is 206 Å². The Bertz CT molecular complexity index is 2900. The monoisotopic (exact) mass is 1040 g/mol. The maximum Gasteiger partial charge on any atom is 0.309 e. The van der Waals surface area contributed by atoms with Crippen LogP contribution in [0, 0.1) is 27.7 Å². The number of esters is 1. The third-order valence-corrected chi connectivity index (χ3v) is 18.5. The molecular formula is C71H90O6. The number of aliphatic carboxylic acids is 1. The first kappa shape index (κ1) is 58.9. The van der Waals surface area contributed by atoms with Crippen LogP contribution in [0.25, 0.3) is 22.3 Å². The van der Waals surface area contributed by atoms with E-state index in [1.165, 1.54) is 86.7 Å². The Labute approximate surface area is 462 Å². The van der Waals surface area contributed by atoms with Gasteiger partial charge in [-0.2, -0.15) is 0 Å². The topological polar surface area (TPSA) is 104 Å². The SMILES string of the molecule is CCC(CC)(c1ccc(CCC2(O)CCCCC2)c(C)c1)c1ccc(-c2ccc(CC(=O)O)cc2)c(C)c1.CCC(CC)(c1ccc(CCC2(O)CCCCC2)c(C)c1)c1ccc(-c2ccc(CC(=O)OC)cc2)c(C)c1. The number of aryl methyl sites for hydroxylation is 6. The Hall–Kier alpha value is -5.82. The van der Waals surface area contributed by atoms with Crippen molar-refractivity contribution in [2.75, 3.05) is 7.11 Å². The van der Waals surface area contributed by atoms with Crippen molar-refractivity contribution < 1.29 is 29.6 Å². The van der Waals surface area contributed by atoms with Gasteiger partial charge in [-0.05, 0) is 194 Å². The number of hydrogen-bond donors (Lipinski definition) is 3. The molecule has 0 bridgehead atoms. The number of carbonyl (C=O) groups is 2. The highest BCUT2D eigenvalue weighted by atomic mass is 16.5. The van der Waals surface area contributed by atoms with Crippen LogP contribution < -0.4 is 0 Å². The lowest BCUT2D eigenvalue weighted by Gasteiger charge is -2.35. The molecule has 6 heteroatoms. The van der Waals surface area contributed by atoms with Crippen LogP contribution in [0.3, 0.4) is 0 Å². The molecule has 6 aromatic carbocycles. The van der Waals surface area contributed by atoms with E-state index >= 15 is 0 Å². The lowest BCUT2D eigenvalue weighted by Crippen LogP contribution is -2.31. The summed E-state index contributed by atoms with van der Waals surface area (Å²) in [4.78, 5) is 22.6. The van der Waals surface area contributed by atoms with Gasteiger partial charge in [0.1, 0.15) is 0 Å². The summed E-state index contributed by atoms with van der Waals surface area (Å²) in [5.74, 6) is -1.03. The van der Waals surface area contributed by atoms with Gasteiger partial charge < -0.3 is 20.1 Å². The van der Waals surface area contributed by atoms with Gasteiger partial charge >= 0.3 is 11.9 Å². The molecule has 2 fully saturated rings. The van der Waals surface area contributed by atoms with Gasteiger partial charge in [-0.25, -0.2) is 0 Å². The van der Waals surface area contributed by atoms with Gasteiger partial charge in [0.2, 0.25) is 0 Å². The zero-order valence-corrected chi connectivity index (χ0v) is 48.3. The summed E-state index contributed by atoms with van der Waals surface area (Å²) in [6, 6.07) is 43.9. The van der Waals surface area contributed by atoms with E-state index in [2.05, 4.69) is 140 Å². The maximum absolute atomic E-state index is 11.6. The van der Waals surface area contributed by atoms with E-state index < -0.39 is 17.2 Å². The van der Waals surface area contributed by atoms with Gasteiger partial charge in [0.25, 0.3) is 0 Å². The Balaban J connectivity index is 0.000000224. The third kappa shape index (κ3) is 14.1. The standard InChI is InChI=1S/C36H46O3.C35H44O3/c1-6-36(7-2,31-16-15-29(26(3)23-31)19-22-35(38)20-9-8-10-21-35)32-17-18-33(27(4)24-32)30-13-11-28(12-14-30)25-34(37)39-5;1-5-35(6-2,30-15-14-28(25(3)22-30)18-21-34(38)19-8-7-9-20-34)31-16-17-32(26(4)23-31)29-12-10-27(11-13-29)24-33(36)37/h11-18,23-24,38H,6-10,19-22,25H2,1-5H3;10-17,22-23,38H,5-9,18-21,24H2,1-4H3,(H,36,37). The van der Waals surface area contributed by atoms with Crippen LogP contribution in [0.5, 0.6) is 0 Å². The molecule has 2 aliphatic carbocycles. The summed E-state index contributed by atoms with van der Waals surface area (Å²) in [7, 11) is 1.42. The number of carboxylic acid groups (broad SMARTS) is 1. The van der Waals surface area contributed by atoms with Gasteiger partial charge in [0.05, 0.1) is 31.2 Å². The van der Waals surface area contributed by atoms with E-state index in [4.69, 9.17) is 9.84 Å². The van der Waals surface area contributed by atoms with Gasteiger partial charge in [-0.3, -0.25) is 9.59 Å². The number of carboxylic acids is 1. The predicted molar refractivity (Wildman–Crippen MR) is 318 cm³/mol. The number of hydrogen-bond acceptors (Lipinski definition) is 5.